The van der Waals surface area contributed by atoms with Crippen molar-refractivity contribution >= 4 is 76.7 Å². The first-order chi connectivity index (χ1) is 5.78. The molecule has 0 aromatic rings. The quantitative estimate of drug-likeness (QED) is 0.380. The molecule has 82 valence electrons. The number of hydrogen-bond donors (Lipinski definition) is 1. The Bertz CT molecular complexity index is 238. The predicted octanol–water partition coefficient (Wildman–Crippen LogP) is -5.84. The molecule has 15 heavy (non-hydrogen) atoms. The van der Waals surface area contributed by atoms with Crippen molar-refractivity contribution in [3.63, 3.8) is 0 Å². The molecule has 0 bridgehead atoms. The minimum absolute atomic E-state index is 0. The first kappa shape index (κ1) is 20.7. The largest absolute Gasteiger partial charge is 2.00 e. The molecular weight excluding hydrogens is 352 g/mol. The second kappa shape index (κ2) is 8.51. The van der Waals surface area contributed by atoms with Gasteiger partial charge in [0.15, 0.2) is 0 Å². The summed E-state index contributed by atoms with van der Waals surface area (Å²) in [7, 11) is 0. The van der Waals surface area contributed by atoms with Gasteiger partial charge in [-0.15, -0.1) is 0 Å². The summed E-state index contributed by atoms with van der Waals surface area (Å²) in [5.41, 5.74) is -2.97. The van der Waals surface area contributed by atoms with Crippen LogP contribution in [0.15, 0.2) is 0 Å². The van der Waals surface area contributed by atoms with Crippen molar-refractivity contribution in [1.29, 1.82) is 0 Å². The molecular formula is C6H9BaO7P. The number of carboxylic acids is 3. The average Bonchev–Trinajstić information content (AvgIpc) is 1.82. The summed E-state index contributed by atoms with van der Waals surface area (Å²) >= 11 is 0. The molecule has 9 heteroatoms. The molecule has 1 atom stereocenters. The van der Waals surface area contributed by atoms with Crippen molar-refractivity contribution in [2.75, 3.05) is 0 Å². The fraction of sp³-hybridized carbons (Fsp3) is 0.500. The van der Waals surface area contributed by atoms with E-state index in [-0.39, 0.29) is 58.8 Å². The van der Waals surface area contributed by atoms with Gasteiger partial charge in [0.2, 0.25) is 0 Å². The molecule has 0 saturated heterocycles. The van der Waals surface area contributed by atoms with Gasteiger partial charge in [0, 0.05) is 24.8 Å². The van der Waals surface area contributed by atoms with Gasteiger partial charge < -0.3 is 34.8 Å². The Hall–Kier alpha value is 0.371. The monoisotopic (exact) mass is 362 g/mol. The van der Waals surface area contributed by atoms with E-state index in [1.54, 1.807) is 0 Å². The van der Waals surface area contributed by atoms with Crippen LogP contribution in [-0.4, -0.2) is 77.5 Å². The Balaban J connectivity index is -0.000000720. The third-order valence-electron chi connectivity index (χ3n) is 1.25. The normalized spacial score (nSPS) is 9.40. The zero-order chi connectivity index (χ0) is 10.6. The average molecular weight is 361 g/mol. The summed E-state index contributed by atoms with van der Waals surface area (Å²) < 4.78 is 0. The number of aliphatic hydroxyl groups is 1. The van der Waals surface area contributed by atoms with Crippen LogP contribution in [0.2, 0.25) is 0 Å². The summed E-state index contributed by atoms with van der Waals surface area (Å²) in [5, 5.41) is 38.9. The van der Waals surface area contributed by atoms with Gasteiger partial charge in [0.25, 0.3) is 0 Å². The van der Waals surface area contributed by atoms with Crippen LogP contribution in [0.1, 0.15) is 12.8 Å². The van der Waals surface area contributed by atoms with Gasteiger partial charge in [-0.25, -0.2) is 0 Å². The SMILES string of the molecule is O=C([O-])CC(O)(CC(=O)[O-])C(=O)[O-].[Ba+2].[PH4+]. The third kappa shape index (κ3) is 8.21. The number of carboxylic acid groups (broad SMARTS) is 3. The Morgan fingerprint density at radius 3 is 1.40 bits per heavy atom. The van der Waals surface area contributed by atoms with E-state index in [4.69, 9.17) is 5.11 Å². The molecule has 0 amide bonds. The van der Waals surface area contributed by atoms with Crippen LogP contribution in [0.3, 0.4) is 0 Å². The molecule has 0 spiro atoms. The molecule has 0 aliphatic carbocycles. The van der Waals surface area contributed by atoms with Crippen molar-refractivity contribution in [3.05, 3.63) is 0 Å². The summed E-state index contributed by atoms with van der Waals surface area (Å²) in [6, 6.07) is 0. The number of carbonyl (C=O) groups excluding carboxylic acids is 3. The van der Waals surface area contributed by atoms with E-state index in [0.717, 1.165) is 0 Å². The van der Waals surface area contributed by atoms with Crippen LogP contribution >= 0.6 is 9.90 Å². The smallest absolute Gasteiger partial charge is 0.550 e. The first-order valence-electron chi connectivity index (χ1n) is 3.11. The zero-order valence-corrected chi connectivity index (χ0v) is 14.5. The summed E-state index contributed by atoms with van der Waals surface area (Å²) in [5.74, 6) is -5.98. The van der Waals surface area contributed by atoms with E-state index in [2.05, 4.69) is 0 Å². The van der Waals surface area contributed by atoms with Crippen molar-refractivity contribution < 1.29 is 34.8 Å². The molecule has 0 aliphatic heterocycles. The van der Waals surface area contributed by atoms with Gasteiger partial charge in [-0.1, -0.05) is 0 Å². The fourth-order valence-electron chi connectivity index (χ4n) is 0.684. The van der Waals surface area contributed by atoms with Gasteiger partial charge in [-0.05, 0) is 9.90 Å². The van der Waals surface area contributed by atoms with E-state index in [9.17, 15) is 29.7 Å². The summed E-state index contributed by atoms with van der Waals surface area (Å²) in [4.78, 5) is 30.0. The molecule has 0 saturated carbocycles. The predicted molar refractivity (Wildman–Crippen MR) is 47.5 cm³/mol. The Labute approximate surface area is 129 Å². The maximum Gasteiger partial charge on any atom is 2.00 e. The second-order valence-electron chi connectivity index (χ2n) is 2.42. The van der Waals surface area contributed by atoms with Crippen LogP contribution in [0.5, 0.6) is 0 Å². The number of carbonyl (C=O) groups is 3. The van der Waals surface area contributed by atoms with E-state index in [1.165, 1.54) is 0 Å². The second-order valence-corrected chi connectivity index (χ2v) is 2.42. The summed E-state index contributed by atoms with van der Waals surface area (Å²) in [6.45, 7) is 0. The number of hydrogen-bond acceptors (Lipinski definition) is 7. The van der Waals surface area contributed by atoms with Crippen LogP contribution in [0.4, 0.5) is 0 Å². The van der Waals surface area contributed by atoms with Crippen LogP contribution in [-0.2, 0) is 14.4 Å². The van der Waals surface area contributed by atoms with Crippen molar-refractivity contribution in [2.45, 2.75) is 18.4 Å². The van der Waals surface area contributed by atoms with Crippen LogP contribution < -0.4 is 15.3 Å². The van der Waals surface area contributed by atoms with Crippen molar-refractivity contribution in [3.8, 4) is 0 Å². The van der Waals surface area contributed by atoms with Gasteiger partial charge >= 0.3 is 48.9 Å². The topological polar surface area (TPSA) is 141 Å². The molecule has 7 nitrogen and oxygen atoms in total. The molecule has 0 radical (unpaired) electrons. The minimum Gasteiger partial charge on any atom is -0.550 e. The van der Waals surface area contributed by atoms with Crippen molar-refractivity contribution in [1.82, 2.24) is 0 Å². The van der Waals surface area contributed by atoms with Gasteiger partial charge in [-0.2, -0.15) is 0 Å². The maximum absolute atomic E-state index is 10.1. The number of aliphatic carboxylic acids is 3. The summed E-state index contributed by atoms with van der Waals surface area (Å²) in [6.07, 6.45) is -2.72. The van der Waals surface area contributed by atoms with Gasteiger partial charge in [0.1, 0.15) is 5.60 Å². The minimum atomic E-state index is -2.97. The molecule has 1 unspecified atom stereocenters. The van der Waals surface area contributed by atoms with Crippen molar-refractivity contribution in [2.24, 2.45) is 0 Å². The molecule has 0 aromatic carbocycles. The Kier molecular flexibility index (Phi) is 11.8. The molecule has 0 aliphatic rings. The number of rotatable bonds is 5. The van der Waals surface area contributed by atoms with E-state index in [1.807, 2.05) is 0 Å². The maximum atomic E-state index is 10.1. The van der Waals surface area contributed by atoms with Gasteiger partial charge in [-0.3, -0.25) is 0 Å². The molecule has 1 N–H and O–H groups in total. The zero-order valence-electron chi connectivity index (χ0n) is 8.02. The first-order valence-corrected chi connectivity index (χ1v) is 3.11. The molecule has 0 fully saturated rings. The van der Waals surface area contributed by atoms with Crippen LogP contribution in [0.25, 0.3) is 0 Å². The third-order valence-corrected chi connectivity index (χ3v) is 1.25. The molecule has 0 heterocycles. The van der Waals surface area contributed by atoms with Gasteiger partial charge in [0.05, 0.1) is 5.97 Å². The Morgan fingerprint density at radius 1 is 1.00 bits per heavy atom. The fourth-order valence-corrected chi connectivity index (χ4v) is 0.684. The molecule has 0 aromatic heterocycles. The van der Waals surface area contributed by atoms with Crippen LogP contribution in [0, 0.1) is 0 Å². The Morgan fingerprint density at radius 2 is 1.27 bits per heavy atom. The van der Waals surface area contributed by atoms with E-state index >= 15 is 0 Å². The van der Waals surface area contributed by atoms with E-state index in [0.29, 0.717) is 0 Å². The standard InChI is InChI=1S/C6H8O7.Ba.H3P/c7-3(8)1-6(13,5(11)12)2-4(9)10;;/h13H,1-2H2,(H,7,8)(H,9,10)(H,11,12);;1H3/q;+2;/p-2. The van der Waals surface area contributed by atoms with E-state index < -0.39 is 36.4 Å². The molecule has 0 rings (SSSR count).